The summed E-state index contributed by atoms with van der Waals surface area (Å²) < 4.78 is 5.78. The molecule has 2 atom stereocenters. The Kier molecular flexibility index (Phi) is 5.86. The molecular formula is C17H28N2O. The van der Waals surface area contributed by atoms with Crippen molar-refractivity contribution in [3.63, 3.8) is 0 Å². The number of rotatable bonds is 5. The van der Waals surface area contributed by atoms with E-state index in [1.165, 1.54) is 24.8 Å². The molecule has 0 spiro atoms. The Balaban J connectivity index is 1.95. The van der Waals surface area contributed by atoms with Gasteiger partial charge in [-0.2, -0.15) is 0 Å². The third-order valence-corrected chi connectivity index (χ3v) is 3.79. The van der Waals surface area contributed by atoms with Crippen LogP contribution in [0.1, 0.15) is 51.6 Å². The molecule has 0 radical (unpaired) electrons. The highest BCUT2D eigenvalue weighted by Gasteiger charge is 2.15. The van der Waals surface area contributed by atoms with Crippen LogP contribution in [0.4, 0.5) is 0 Å². The van der Waals surface area contributed by atoms with Gasteiger partial charge in [0.2, 0.25) is 0 Å². The Labute approximate surface area is 123 Å². The van der Waals surface area contributed by atoms with Gasteiger partial charge < -0.3 is 15.4 Å². The Bertz CT molecular complexity index is 398. The molecule has 1 aromatic carbocycles. The average molecular weight is 276 g/mol. The fourth-order valence-corrected chi connectivity index (χ4v) is 2.76. The normalized spacial score (nSPS) is 21.5. The molecule has 0 bridgehead atoms. The molecule has 2 rings (SSSR count). The molecule has 112 valence electrons. The summed E-state index contributed by atoms with van der Waals surface area (Å²) in [5, 5.41) is 7.22. The molecule has 1 saturated heterocycles. The quantitative estimate of drug-likeness (QED) is 0.866. The van der Waals surface area contributed by atoms with Crippen LogP contribution in [0.25, 0.3) is 0 Å². The lowest BCUT2D eigenvalue weighted by molar-refractivity contribution is 0.242. The van der Waals surface area contributed by atoms with Gasteiger partial charge in [-0.05, 0) is 70.8 Å². The predicted octanol–water partition coefficient (Wildman–Crippen LogP) is 3.27. The van der Waals surface area contributed by atoms with Crippen LogP contribution in [0.15, 0.2) is 24.3 Å². The van der Waals surface area contributed by atoms with Crippen molar-refractivity contribution in [1.29, 1.82) is 0 Å². The van der Waals surface area contributed by atoms with Gasteiger partial charge in [0.25, 0.3) is 0 Å². The second kappa shape index (κ2) is 7.65. The molecule has 0 aliphatic carbocycles. The first kappa shape index (κ1) is 15.3. The summed E-state index contributed by atoms with van der Waals surface area (Å²) in [5.74, 6) is 0.966. The molecule has 2 unspecified atom stereocenters. The average Bonchev–Trinajstić information content (AvgIpc) is 2.67. The molecule has 20 heavy (non-hydrogen) atoms. The first-order valence-electron chi connectivity index (χ1n) is 7.88. The summed E-state index contributed by atoms with van der Waals surface area (Å²) in [6.45, 7) is 8.65. The molecule has 1 aliphatic rings. The van der Waals surface area contributed by atoms with Gasteiger partial charge in [-0.1, -0.05) is 12.1 Å². The van der Waals surface area contributed by atoms with Gasteiger partial charge in [0.05, 0.1) is 6.10 Å². The Hall–Kier alpha value is -1.06. The highest BCUT2D eigenvalue weighted by Crippen LogP contribution is 2.21. The summed E-state index contributed by atoms with van der Waals surface area (Å²) in [4.78, 5) is 0. The third kappa shape index (κ3) is 4.80. The Morgan fingerprint density at radius 3 is 2.85 bits per heavy atom. The van der Waals surface area contributed by atoms with E-state index in [9.17, 15) is 0 Å². The largest absolute Gasteiger partial charge is 0.491 e. The van der Waals surface area contributed by atoms with E-state index in [-0.39, 0.29) is 6.10 Å². The van der Waals surface area contributed by atoms with Crippen molar-refractivity contribution in [3.8, 4) is 5.75 Å². The minimum atomic E-state index is 0.224. The number of hydrogen-bond donors (Lipinski definition) is 2. The van der Waals surface area contributed by atoms with Gasteiger partial charge in [-0.25, -0.2) is 0 Å². The predicted molar refractivity (Wildman–Crippen MR) is 84.3 cm³/mol. The van der Waals surface area contributed by atoms with Crippen LogP contribution in [-0.4, -0.2) is 25.2 Å². The molecule has 1 aliphatic heterocycles. The Morgan fingerprint density at radius 1 is 1.20 bits per heavy atom. The Morgan fingerprint density at radius 2 is 2.05 bits per heavy atom. The van der Waals surface area contributed by atoms with E-state index >= 15 is 0 Å². The second-order valence-corrected chi connectivity index (χ2v) is 6.01. The maximum atomic E-state index is 5.78. The maximum Gasteiger partial charge on any atom is 0.120 e. The maximum absolute atomic E-state index is 5.78. The molecule has 1 fully saturated rings. The van der Waals surface area contributed by atoms with Crippen molar-refractivity contribution in [2.24, 2.45) is 0 Å². The van der Waals surface area contributed by atoms with Gasteiger partial charge in [-0.3, -0.25) is 0 Å². The van der Waals surface area contributed by atoms with Crippen LogP contribution in [0.5, 0.6) is 5.75 Å². The molecular weight excluding hydrogens is 248 g/mol. The van der Waals surface area contributed by atoms with E-state index in [1.54, 1.807) is 0 Å². The molecule has 3 nitrogen and oxygen atoms in total. The van der Waals surface area contributed by atoms with Crippen LogP contribution in [0.3, 0.4) is 0 Å². The van der Waals surface area contributed by atoms with Gasteiger partial charge >= 0.3 is 0 Å². The lowest BCUT2D eigenvalue weighted by Crippen LogP contribution is -2.32. The van der Waals surface area contributed by atoms with Crippen molar-refractivity contribution in [2.45, 2.75) is 58.2 Å². The second-order valence-electron chi connectivity index (χ2n) is 6.01. The monoisotopic (exact) mass is 276 g/mol. The highest BCUT2D eigenvalue weighted by molar-refractivity contribution is 5.30. The minimum Gasteiger partial charge on any atom is -0.491 e. The van der Waals surface area contributed by atoms with Crippen LogP contribution in [0.2, 0.25) is 0 Å². The zero-order valence-electron chi connectivity index (χ0n) is 13.0. The van der Waals surface area contributed by atoms with E-state index < -0.39 is 0 Å². The first-order valence-corrected chi connectivity index (χ1v) is 7.88. The summed E-state index contributed by atoms with van der Waals surface area (Å²) >= 11 is 0. The summed E-state index contributed by atoms with van der Waals surface area (Å²) in [5.41, 5.74) is 1.31. The van der Waals surface area contributed by atoms with Crippen molar-refractivity contribution < 1.29 is 4.74 Å². The van der Waals surface area contributed by atoms with Gasteiger partial charge in [0.1, 0.15) is 5.75 Å². The van der Waals surface area contributed by atoms with E-state index in [4.69, 9.17) is 4.74 Å². The van der Waals surface area contributed by atoms with E-state index in [2.05, 4.69) is 49.6 Å². The lowest BCUT2D eigenvalue weighted by atomic mass is 10.0. The van der Waals surface area contributed by atoms with Crippen molar-refractivity contribution in [3.05, 3.63) is 29.8 Å². The molecule has 2 N–H and O–H groups in total. The standard InChI is InChI=1S/C17H28N2O/c1-13(2)20-17-8-4-6-15(12-17)14(3)19-16-7-5-10-18-11-9-16/h4,6,8,12-14,16,18-19H,5,7,9-11H2,1-3H3. The molecule has 1 aromatic rings. The number of benzene rings is 1. The molecule has 0 saturated carbocycles. The van der Waals surface area contributed by atoms with Crippen molar-refractivity contribution in [2.75, 3.05) is 13.1 Å². The van der Waals surface area contributed by atoms with Crippen molar-refractivity contribution >= 4 is 0 Å². The summed E-state index contributed by atoms with van der Waals surface area (Å²) in [6, 6.07) is 9.45. The SMILES string of the molecule is CC(C)Oc1cccc(C(C)NC2CCCNCC2)c1. The van der Waals surface area contributed by atoms with E-state index in [0.29, 0.717) is 12.1 Å². The fraction of sp³-hybridized carbons (Fsp3) is 0.647. The fourth-order valence-electron chi connectivity index (χ4n) is 2.76. The van der Waals surface area contributed by atoms with E-state index in [0.717, 1.165) is 18.8 Å². The number of hydrogen-bond acceptors (Lipinski definition) is 3. The minimum absolute atomic E-state index is 0.224. The van der Waals surface area contributed by atoms with Crippen LogP contribution in [0, 0.1) is 0 Å². The number of nitrogens with one attached hydrogen (secondary N) is 2. The van der Waals surface area contributed by atoms with Gasteiger partial charge in [-0.15, -0.1) is 0 Å². The molecule has 0 aromatic heterocycles. The van der Waals surface area contributed by atoms with Crippen LogP contribution >= 0.6 is 0 Å². The van der Waals surface area contributed by atoms with Crippen LogP contribution in [-0.2, 0) is 0 Å². The third-order valence-electron chi connectivity index (χ3n) is 3.79. The summed E-state index contributed by atoms with van der Waals surface area (Å²) in [6.07, 6.45) is 3.97. The number of ether oxygens (including phenoxy) is 1. The van der Waals surface area contributed by atoms with Crippen molar-refractivity contribution in [1.82, 2.24) is 10.6 Å². The zero-order valence-corrected chi connectivity index (χ0v) is 13.0. The van der Waals surface area contributed by atoms with Crippen LogP contribution < -0.4 is 15.4 Å². The zero-order chi connectivity index (χ0) is 14.4. The van der Waals surface area contributed by atoms with E-state index in [1.807, 2.05) is 6.07 Å². The molecule has 1 heterocycles. The molecule has 0 amide bonds. The molecule has 3 heteroatoms. The smallest absolute Gasteiger partial charge is 0.120 e. The first-order chi connectivity index (χ1) is 9.65. The summed E-state index contributed by atoms with van der Waals surface area (Å²) in [7, 11) is 0. The highest BCUT2D eigenvalue weighted by atomic mass is 16.5. The van der Waals surface area contributed by atoms with Gasteiger partial charge in [0, 0.05) is 12.1 Å². The van der Waals surface area contributed by atoms with Gasteiger partial charge in [0.15, 0.2) is 0 Å². The lowest BCUT2D eigenvalue weighted by Gasteiger charge is -2.22. The topological polar surface area (TPSA) is 33.3 Å².